The molecule has 131 heavy (non-hydrogen) atoms. The number of likely N-dealkylation sites (N-methyl/N-ethyl adjacent to an activating group) is 2. The Labute approximate surface area is 759 Å². The molecular formula is C98H99ClN10O22. The molecule has 10 aromatic carbocycles. The van der Waals surface area contributed by atoms with Crippen molar-refractivity contribution in [1.29, 1.82) is 0 Å². The number of nitro benzene ring substituents is 1. The minimum absolute atomic E-state index is 0.00137. The van der Waals surface area contributed by atoms with Crippen molar-refractivity contribution >= 4 is 70.6 Å². The number of fused-ring (bicyclic) bond motifs is 15. The molecule has 5 heterocycles. The standard InChI is InChI=1S/C98H99ClN10O22/c1-11-41-125-89-77-46-63-47-78(89)130-75-40-33-62(45-71(75)109(121)122)88(112)85(106-91(114)72(42-54(2)3)108(8)97(120)131-98(4,5)6)95(118)101-70(50-79(110)102-81(58-27-34-64(123-9)35-28-58)59-29-36-65(124-10)37-30-59)90(113)103-83(63)94(117)104-82-60-31-38-73(127-52-56-23-17-13-18-24-56)67(43-60)80-68(48-66(126-51-55-21-15-12-16-22-55)49-76(80)128-53-57-25-19-14-20-26-57)84(92(115)100-7)105-96(119)86(107-93(82)116)87(111)61-32-39-74(129-77)69(99)44-61/h11-40,43-49,54,70,72,81-88,111-112H,1,41-42,50-53H2,2-10H3,(H,100,115)(H,101,118)(H,102,110)(H,103,113)(H,104,117)(H,105,119)(H,106,114)(H,107,116)/t70-,72+,82+,83+,84-,85+,86-,87+,88+/m0/s1. The van der Waals surface area contributed by atoms with Crippen LogP contribution < -0.4 is 80.4 Å². The number of nitrogens with one attached hydrogen (secondary N) is 8. The summed E-state index contributed by atoms with van der Waals surface area (Å²) in [5.74, 6) is -11.0. The summed E-state index contributed by atoms with van der Waals surface area (Å²) in [6.07, 6.45) is -5.27. The van der Waals surface area contributed by atoms with Crippen LogP contribution in [0.25, 0.3) is 11.1 Å². The highest BCUT2D eigenvalue weighted by atomic mass is 35.5. The molecule has 5 aliphatic heterocycles. The quantitative estimate of drug-likeness (QED) is 0.0137. The normalized spacial score (nSPS) is 18.0. The van der Waals surface area contributed by atoms with Crippen LogP contribution in [0, 0.1) is 16.0 Å². The Kier molecular flexibility index (Phi) is 29.9. The van der Waals surface area contributed by atoms with Crippen molar-refractivity contribution in [2.75, 3.05) is 34.9 Å². The smallest absolute Gasteiger partial charge is 0.410 e. The summed E-state index contributed by atoms with van der Waals surface area (Å²) in [4.78, 5) is 156. The van der Waals surface area contributed by atoms with Crippen LogP contribution in [-0.4, -0.2) is 138 Å². The second-order valence-corrected chi connectivity index (χ2v) is 33.0. The predicted molar refractivity (Wildman–Crippen MR) is 481 cm³/mol. The zero-order chi connectivity index (χ0) is 93.5. The van der Waals surface area contributed by atoms with E-state index in [0.717, 1.165) is 34.7 Å². The number of methoxy groups -OCH3 is 2. The summed E-state index contributed by atoms with van der Waals surface area (Å²) < 4.78 is 56.6. The molecule has 0 aliphatic carbocycles. The second-order valence-electron chi connectivity index (χ2n) is 32.6. The van der Waals surface area contributed by atoms with Crippen molar-refractivity contribution in [2.24, 2.45) is 5.92 Å². The third kappa shape index (κ3) is 22.8. The van der Waals surface area contributed by atoms with Crippen molar-refractivity contribution in [3.8, 4) is 68.6 Å². The van der Waals surface area contributed by atoms with E-state index in [9.17, 15) is 25.1 Å². The molecule has 32 nitrogen and oxygen atoms in total. The van der Waals surface area contributed by atoms with Crippen molar-refractivity contribution in [3.05, 3.63) is 302 Å². The van der Waals surface area contributed by atoms with Gasteiger partial charge in [0.2, 0.25) is 58.8 Å². The fraction of sp³-hybridized carbons (Fsp3) is 0.276. The Balaban J connectivity index is 1.05. The van der Waals surface area contributed by atoms with E-state index in [1.807, 2.05) is 66.7 Å². The zero-order valence-corrected chi connectivity index (χ0v) is 73.8. The summed E-state index contributed by atoms with van der Waals surface area (Å²) in [5, 5.41) is 61.1. The largest absolute Gasteiger partial charge is 0.497 e. The highest BCUT2D eigenvalue weighted by molar-refractivity contribution is 6.32. The van der Waals surface area contributed by atoms with Crippen molar-refractivity contribution in [1.82, 2.24) is 47.4 Å². The predicted octanol–water partition coefficient (Wildman–Crippen LogP) is 12.9. The van der Waals surface area contributed by atoms with E-state index in [4.69, 9.17) is 54.2 Å². The van der Waals surface area contributed by atoms with Crippen molar-refractivity contribution in [3.63, 3.8) is 0 Å². The SMILES string of the molecule is C=CCOc1c2cc3cc1Oc1ccc(cc1[N+](=O)[O-])[C@@H](O)[C@@H](NC(=O)[C@@H](CC(C)C)N(C)C(=O)OC(C)(C)C)C(=O)N[C@@H](CC(=O)NC(c1ccc(OC)cc1)c1ccc(OC)cc1)C(=O)N[C@H]3C(=O)N[C@H]1C(=O)N[C@H](C(=O)N[C@H](C(=O)NC)c3cc(OCc4ccccc4)cc(OCc4ccccc4)c3-c3cc1ccc3OCc1ccccc1)[C@H](O)c1ccc(c(Cl)c1)O2. The number of nitro groups is 1. The summed E-state index contributed by atoms with van der Waals surface area (Å²) >= 11 is 7.25. The number of aliphatic hydroxyl groups is 2. The molecule has 0 spiro atoms. The third-order valence-electron chi connectivity index (χ3n) is 21.8. The van der Waals surface area contributed by atoms with Crippen LogP contribution in [-0.2, 0) is 62.9 Å². The molecule has 0 fully saturated rings. The second kappa shape index (κ2) is 41.8. The lowest BCUT2D eigenvalue weighted by Gasteiger charge is -2.33. The van der Waals surface area contributed by atoms with Gasteiger partial charge in [0.1, 0.15) is 121 Å². The van der Waals surface area contributed by atoms with Gasteiger partial charge in [0.15, 0.2) is 11.5 Å². The Morgan fingerprint density at radius 2 is 1.13 bits per heavy atom. The van der Waals surface area contributed by atoms with Gasteiger partial charge in [-0.1, -0.05) is 172 Å². The highest BCUT2D eigenvalue weighted by Gasteiger charge is 2.44. The molecule has 0 radical (unpaired) electrons. The topological polar surface area (TPSA) is 420 Å². The molecule has 0 saturated carbocycles. The number of carbonyl (C=O) groups is 9. The van der Waals surface area contributed by atoms with E-state index < -0.39 is 165 Å². The Bertz CT molecular complexity index is 5860. The number of rotatable bonds is 26. The Hall–Kier alpha value is -15.0. The molecule has 5 aliphatic rings. The minimum Gasteiger partial charge on any atom is -0.497 e. The van der Waals surface area contributed by atoms with E-state index in [2.05, 4.69) is 49.1 Å². The average Bonchev–Trinajstić information content (AvgIpc) is 0.754. The number of hydrogen-bond donors (Lipinski definition) is 10. The molecule has 10 aromatic rings. The van der Waals surface area contributed by atoms with Gasteiger partial charge in [-0.2, -0.15) is 0 Å². The van der Waals surface area contributed by atoms with Gasteiger partial charge in [-0.05, 0) is 162 Å². The number of hydrogen-bond acceptors (Lipinski definition) is 22. The van der Waals surface area contributed by atoms with Crippen LogP contribution in [0.1, 0.15) is 139 Å². The van der Waals surface area contributed by atoms with Gasteiger partial charge in [-0.3, -0.25) is 53.4 Å². The number of carbonyl (C=O) groups excluding carboxylic acids is 9. The third-order valence-corrected chi connectivity index (χ3v) is 22.1. The van der Waals surface area contributed by atoms with Crippen LogP contribution in [0.3, 0.4) is 0 Å². The van der Waals surface area contributed by atoms with Gasteiger partial charge in [0.25, 0.3) is 0 Å². The first kappa shape index (κ1) is 93.6. The first-order valence-corrected chi connectivity index (χ1v) is 42.3. The van der Waals surface area contributed by atoms with Crippen LogP contribution in [0.2, 0.25) is 5.02 Å². The molecule has 0 aromatic heterocycles. The van der Waals surface area contributed by atoms with Crippen LogP contribution in [0.15, 0.2) is 231 Å². The summed E-state index contributed by atoms with van der Waals surface area (Å²) in [7, 11) is 5.54. The van der Waals surface area contributed by atoms with E-state index in [-0.39, 0.29) is 100 Å². The molecule has 680 valence electrons. The summed E-state index contributed by atoms with van der Waals surface area (Å²) in [5.41, 5.74) is 0.113. The molecule has 33 heteroatoms. The van der Waals surface area contributed by atoms with Gasteiger partial charge >= 0.3 is 11.8 Å². The monoisotopic (exact) mass is 1800 g/mol. The fourth-order valence-electron chi connectivity index (χ4n) is 15.1. The van der Waals surface area contributed by atoms with Crippen molar-refractivity contribution in [2.45, 2.75) is 133 Å². The number of amides is 9. The van der Waals surface area contributed by atoms with Crippen LogP contribution in [0.4, 0.5) is 10.5 Å². The molecule has 9 atom stereocenters. The lowest BCUT2D eigenvalue weighted by atomic mass is 9.89. The first-order valence-electron chi connectivity index (χ1n) is 42.0. The zero-order valence-electron chi connectivity index (χ0n) is 73.0. The molecule has 9 amide bonds. The first-order chi connectivity index (χ1) is 62.8. The van der Waals surface area contributed by atoms with E-state index in [1.54, 1.807) is 113 Å². The maximum absolute atomic E-state index is 17.0. The Morgan fingerprint density at radius 1 is 0.588 bits per heavy atom. The van der Waals surface area contributed by atoms with E-state index in [1.165, 1.54) is 82.9 Å². The maximum Gasteiger partial charge on any atom is 0.410 e. The van der Waals surface area contributed by atoms with Gasteiger partial charge in [-0.15, -0.1) is 0 Å². The number of aliphatic hydroxyl groups excluding tert-OH is 2. The highest BCUT2D eigenvalue weighted by Crippen LogP contribution is 2.50. The molecule has 0 unspecified atom stereocenters. The van der Waals surface area contributed by atoms with Crippen molar-refractivity contribution < 1.29 is 101 Å². The number of nitrogens with zero attached hydrogens (tertiary/aromatic N) is 2. The molecule has 0 saturated heterocycles. The van der Waals surface area contributed by atoms with Crippen LogP contribution in [0.5, 0.6) is 57.5 Å². The van der Waals surface area contributed by atoms with Gasteiger partial charge in [0, 0.05) is 37.4 Å². The Morgan fingerprint density at radius 3 is 1.69 bits per heavy atom. The van der Waals surface area contributed by atoms with Gasteiger partial charge < -0.3 is 95.4 Å². The van der Waals surface area contributed by atoms with E-state index >= 15 is 38.4 Å². The van der Waals surface area contributed by atoms with Gasteiger partial charge in [0.05, 0.1) is 36.6 Å². The number of benzene rings is 10. The van der Waals surface area contributed by atoms with Gasteiger partial charge in [-0.25, -0.2) is 4.79 Å². The molecule has 10 N–H and O–H groups in total. The summed E-state index contributed by atoms with van der Waals surface area (Å²) in [6, 6.07) is 41.6. The molecule has 15 rings (SSSR count). The average molecular weight is 1800 g/mol. The lowest BCUT2D eigenvalue weighted by molar-refractivity contribution is -0.385. The molecule has 11 bridgehead atoms. The minimum atomic E-state index is -2.33. The fourth-order valence-corrected chi connectivity index (χ4v) is 15.3. The van der Waals surface area contributed by atoms with Crippen LogP contribution >= 0.6 is 11.6 Å². The summed E-state index contributed by atoms with van der Waals surface area (Å²) in [6.45, 7) is 11.5. The van der Waals surface area contributed by atoms with E-state index in [0.29, 0.717) is 33.8 Å². The number of halogens is 1. The maximum atomic E-state index is 17.0. The number of ether oxygens (including phenoxy) is 9. The molecular weight excluding hydrogens is 1700 g/mol. The lowest BCUT2D eigenvalue weighted by Crippen LogP contribution is -2.60.